The number of halogens is 3. The lowest BCUT2D eigenvalue weighted by Gasteiger charge is -2.10. The number of unbranched alkanes of at least 4 members (excludes halogenated alkanes) is 1. The fourth-order valence-corrected chi connectivity index (χ4v) is 1.31. The number of hydrogen-bond acceptors (Lipinski definition) is 3. The molecule has 6 heteroatoms. The third kappa shape index (κ3) is 5.35. The number of rotatable bonds is 7. The first kappa shape index (κ1) is 14.8. The molecule has 0 aliphatic carbocycles. The van der Waals surface area contributed by atoms with Crippen molar-refractivity contribution in [1.29, 1.82) is 0 Å². The molecule has 0 radical (unpaired) electrons. The van der Waals surface area contributed by atoms with Crippen LogP contribution in [0.25, 0.3) is 0 Å². The maximum absolute atomic E-state index is 12.4. The third-order valence-corrected chi connectivity index (χ3v) is 2.27. The molecule has 1 heterocycles. The quantitative estimate of drug-likeness (QED) is 0.765. The van der Waals surface area contributed by atoms with E-state index >= 15 is 0 Å². The van der Waals surface area contributed by atoms with E-state index in [9.17, 15) is 13.2 Å². The summed E-state index contributed by atoms with van der Waals surface area (Å²) in [6.45, 7) is 3.70. The Bertz CT molecular complexity index is 355. The molecule has 1 N–H and O–H groups in total. The van der Waals surface area contributed by atoms with Crippen LogP contribution in [0.2, 0.25) is 0 Å². The normalized spacial score (nSPS) is 11.6. The summed E-state index contributed by atoms with van der Waals surface area (Å²) in [5.74, 6) is 0. The average Bonchev–Trinajstić information content (AvgIpc) is 2.33. The Morgan fingerprint density at radius 1 is 1.33 bits per heavy atom. The highest BCUT2D eigenvalue weighted by Crippen LogP contribution is 2.28. The van der Waals surface area contributed by atoms with Gasteiger partial charge in [-0.2, -0.15) is 13.2 Å². The molecule has 0 spiro atoms. The summed E-state index contributed by atoms with van der Waals surface area (Å²) in [6.07, 6.45) is -1.21. The van der Waals surface area contributed by atoms with E-state index in [-0.39, 0.29) is 0 Å². The zero-order valence-corrected chi connectivity index (χ0v) is 10.3. The molecule has 0 aromatic carbocycles. The standard InChI is InChI=1S/C12H17F3N2O/c1-2-3-7-18-8-6-16-10-4-5-17-11(9-10)12(13,14)15/h4-5,9H,2-3,6-8H2,1H3,(H,16,17). The Morgan fingerprint density at radius 3 is 2.78 bits per heavy atom. The monoisotopic (exact) mass is 262 g/mol. The molecule has 0 bridgehead atoms. The minimum absolute atomic E-state index is 0.399. The zero-order chi connectivity index (χ0) is 13.4. The van der Waals surface area contributed by atoms with Crippen molar-refractivity contribution in [3.63, 3.8) is 0 Å². The van der Waals surface area contributed by atoms with E-state index in [0.29, 0.717) is 25.4 Å². The van der Waals surface area contributed by atoms with Crippen LogP contribution in [0.5, 0.6) is 0 Å². The van der Waals surface area contributed by atoms with Gasteiger partial charge in [-0.15, -0.1) is 0 Å². The van der Waals surface area contributed by atoms with Gasteiger partial charge in [0.25, 0.3) is 0 Å². The topological polar surface area (TPSA) is 34.1 Å². The first-order valence-electron chi connectivity index (χ1n) is 5.89. The van der Waals surface area contributed by atoms with Crippen LogP contribution in [0.1, 0.15) is 25.5 Å². The van der Waals surface area contributed by atoms with Gasteiger partial charge in [0, 0.05) is 25.0 Å². The summed E-state index contributed by atoms with van der Waals surface area (Å²) < 4.78 is 42.4. The summed E-state index contributed by atoms with van der Waals surface area (Å²) in [5, 5.41) is 2.87. The van der Waals surface area contributed by atoms with E-state index in [0.717, 1.165) is 25.1 Å². The summed E-state index contributed by atoms with van der Waals surface area (Å²) >= 11 is 0. The van der Waals surface area contributed by atoms with Crippen molar-refractivity contribution in [1.82, 2.24) is 4.98 Å². The molecule has 1 aromatic heterocycles. The summed E-state index contributed by atoms with van der Waals surface area (Å²) in [6, 6.07) is 2.49. The molecule has 0 saturated carbocycles. The van der Waals surface area contributed by atoms with Gasteiger partial charge in [0.15, 0.2) is 0 Å². The third-order valence-electron chi connectivity index (χ3n) is 2.27. The van der Waals surface area contributed by atoms with E-state index in [2.05, 4.69) is 17.2 Å². The number of hydrogen-bond donors (Lipinski definition) is 1. The molecule has 102 valence electrons. The fourth-order valence-electron chi connectivity index (χ4n) is 1.31. The van der Waals surface area contributed by atoms with Gasteiger partial charge in [-0.25, -0.2) is 0 Å². The highest BCUT2D eigenvalue weighted by atomic mass is 19.4. The molecule has 0 aliphatic rings. The molecule has 3 nitrogen and oxygen atoms in total. The maximum atomic E-state index is 12.4. The van der Waals surface area contributed by atoms with Crippen LogP contribution in [0.3, 0.4) is 0 Å². The van der Waals surface area contributed by atoms with E-state index in [4.69, 9.17) is 4.74 Å². The summed E-state index contributed by atoms with van der Waals surface area (Å²) in [7, 11) is 0. The molecule has 0 amide bonds. The second-order valence-electron chi connectivity index (χ2n) is 3.82. The number of anilines is 1. The van der Waals surface area contributed by atoms with E-state index in [1.807, 2.05) is 0 Å². The molecule has 0 aliphatic heterocycles. The lowest BCUT2D eigenvalue weighted by molar-refractivity contribution is -0.141. The Kier molecular flexibility index (Phi) is 5.91. The number of alkyl halides is 3. The van der Waals surface area contributed by atoms with E-state index < -0.39 is 11.9 Å². The minimum atomic E-state index is -4.41. The van der Waals surface area contributed by atoms with Crippen LogP contribution >= 0.6 is 0 Å². The summed E-state index contributed by atoms with van der Waals surface area (Å²) in [4.78, 5) is 3.28. The van der Waals surface area contributed by atoms with Gasteiger partial charge in [0.1, 0.15) is 5.69 Å². The van der Waals surface area contributed by atoms with Gasteiger partial charge < -0.3 is 10.1 Å². The Hall–Kier alpha value is -1.30. The van der Waals surface area contributed by atoms with Gasteiger partial charge in [-0.1, -0.05) is 13.3 Å². The van der Waals surface area contributed by atoms with Gasteiger partial charge in [-0.3, -0.25) is 4.98 Å². The Balaban J connectivity index is 2.34. The highest BCUT2D eigenvalue weighted by molar-refractivity contribution is 5.43. The lowest BCUT2D eigenvalue weighted by Crippen LogP contribution is -2.12. The summed E-state index contributed by atoms with van der Waals surface area (Å²) in [5.41, 5.74) is -0.490. The molecule has 0 unspecified atom stereocenters. The van der Waals surface area contributed by atoms with Crippen molar-refractivity contribution < 1.29 is 17.9 Å². The Morgan fingerprint density at radius 2 is 2.11 bits per heavy atom. The number of pyridine rings is 1. The molecular formula is C12H17F3N2O. The molecule has 1 rings (SSSR count). The minimum Gasteiger partial charge on any atom is -0.383 e. The lowest BCUT2D eigenvalue weighted by atomic mass is 10.3. The number of aromatic nitrogens is 1. The molecule has 18 heavy (non-hydrogen) atoms. The fraction of sp³-hybridized carbons (Fsp3) is 0.583. The van der Waals surface area contributed by atoms with Crippen molar-refractivity contribution in [2.75, 3.05) is 25.1 Å². The van der Waals surface area contributed by atoms with Crippen LogP contribution in [0, 0.1) is 0 Å². The van der Waals surface area contributed by atoms with Crippen LogP contribution in [-0.4, -0.2) is 24.7 Å². The predicted molar refractivity (Wildman–Crippen MR) is 63.5 cm³/mol. The second kappa shape index (κ2) is 7.20. The van der Waals surface area contributed by atoms with Crippen molar-refractivity contribution in [2.24, 2.45) is 0 Å². The SMILES string of the molecule is CCCCOCCNc1ccnc(C(F)(F)F)c1. The van der Waals surface area contributed by atoms with E-state index in [1.54, 1.807) is 0 Å². The number of ether oxygens (including phenoxy) is 1. The Labute approximate surface area is 104 Å². The van der Waals surface area contributed by atoms with Crippen molar-refractivity contribution in [2.45, 2.75) is 25.9 Å². The van der Waals surface area contributed by atoms with E-state index in [1.165, 1.54) is 6.07 Å². The van der Waals surface area contributed by atoms with Gasteiger partial charge in [0.05, 0.1) is 6.61 Å². The first-order chi connectivity index (χ1) is 8.54. The maximum Gasteiger partial charge on any atom is 0.433 e. The average molecular weight is 262 g/mol. The van der Waals surface area contributed by atoms with Crippen LogP contribution in [0.15, 0.2) is 18.3 Å². The smallest absolute Gasteiger partial charge is 0.383 e. The zero-order valence-electron chi connectivity index (χ0n) is 10.3. The predicted octanol–water partition coefficient (Wildman–Crippen LogP) is 3.33. The van der Waals surface area contributed by atoms with Gasteiger partial charge in [-0.05, 0) is 18.6 Å². The second-order valence-corrected chi connectivity index (χ2v) is 3.82. The number of nitrogens with one attached hydrogen (secondary N) is 1. The van der Waals surface area contributed by atoms with Gasteiger partial charge in [0.2, 0.25) is 0 Å². The van der Waals surface area contributed by atoms with Crippen molar-refractivity contribution in [3.8, 4) is 0 Å². The number of nitrogens with zero attached hydrogens (tertiary/aromatic N) is 1. The van der Waals surface area contributed by atoms with Crippen molar-refractivity contribution in [3.05, 3.63) is 24.0 Å². The molecule has 0 fully saturated rings. The largest absolute Gasteiger partial charge is 0.433 e. The molecule has 0 atom stereocenters. The van der Waals surface area contributed by atoms with Crippen LogP contribution in [-0.2, 0) is 10.9 Å². The molecule has 0 saturated heterocycles. The van der Waals surface area contributed by atoms with Gasteiger partial charge >= 0.3 is 6.18 Å². The molecule has 1 aromatic rings. The van der Waals surface area contributed by atoms with Crippen LogP contribution < -0.4 is 5.32 Å². The van der Waals surface area contributed by atoms with Crippen molar-refractivity contribution >= 4 is 5.69 Å². The highest BCUT2D eigenvalue weighted by Gasteiger charge is 2.32. The first-order valence-corrected chi connectivity index (χ1v) is 5.89. The van der Waals surface area contributed by atoms with Crippen LogP contribution in [0.4, 0.5) is 18.9 Å². The molecular weight excluding hydrogens is 245 g/mol.